The van der Waals surface area contributed by atoms with Crippen LogP contribution in [-0.2, 0) is 11.3 Å². The summed E-state index contributed by atoms with van der Waals surface area (Å²) in [5.41, 5.74) is 6.99. The third-order valence-electron chi connectivity index (χ3n) is 4.19. The highest BCUT2D eigenvalue weighted by Gasteiger charge is 2.14. The number of ether oxygens (including phenoxy) is 2. The smallest absolute Gasteiger partial charge is 0.188 e. The molecule has 25 heavy (non-hydrogen) atoms. The first-order valence-corrected chi connectivity index (χ1v) is 9.15. The van der Waals surface area contributed by atoms with Gasteiger partial charge in [0.25, 0.3) is 0 Å². The first-order chi connectivity index (χ1) is 11.8. The lowest BCUT2D eigenvalue weighted by atomic mass is 9.98. The van der Waals surface area contributed by atoms with Crippen LogP contribution in [0.4, 0.5) is 0 Å². The molecule has 1 aromatic rings. The van der Waals surface area contributed by atoms with E-state index < -0.39 is 0 Å². The second-order valence-corrected chi connectivity index (χ2v) is 6.20. The Bertz CT molecular complexity index is 488. The van der Waals surface area contributed by atoms with Crippen LogP contribution in [0.5, 0.6) is 5.75 Å². The zero-order chi connectivity index (χ0) is 17.0. The number of nitrogens with one attached hydrogen (secondary N) is 1. The summed E-state index contributed by atoms with van der Waals surface area (Å²) in [5.74, 6) is 1.44. The van der Waals surface area contributed by atoms with Crippen LogP contribution >= 0.6 is 24.0 Å². The zero-order valence-electron chi connectivity index (χ0n) is 15.2. The Balaban J connectivity index is 0.00000312. The molecule has 0 heterocycles. The molecule has 1 aromatic carbocycles. The van der Waals surface area contributed by atoms with Crippen molar-refractivity contribution < 1.29 is 9.47 Å². The van der Waals surface area contributed by atoms with Crippen LogP contribution in [0, 0.1) is 0 Å². The Kier molecular flexibility index (Phi) is 11.6. The first kappa shape index (κ1) is 22.0. The van der Waals surface area contributed by atoms with E-state index in [1.54, 1.807) is 0 Å². The minimum atomic E-state index is 0. The molecule has 5 nitrogen and oxygen atoms in total. The highest BCUT2D eigenvalue weighted by molar-refractivity contribution is 14.0. The second kappa shape index (κ2) is 13.2. The van der Waals surface area contributed by atoms with E-state index in [0.29, 0.717) is 18.6 Å². The van der Waals surface area contributed by atoms with Gasteiger partial charge in [-0.15, -0.1) is 24.0 Å². The molecule has 0 bridgehead atoms. The van der Waals surface area contributed by atoms with Gasteiger partial charge in [-0.25, -0.2) is 4.99 Å². The van der Waals surface area contributed by atoms with Crippen molar-refractivity contribution in [2.24, 2.45) is 10.7 Å². The molecule has 0 unspecified atom stereocenters. The average molecular weight is 461 g/mol. The minimum absolute atomic E-state index is 0. The molecule has 1 fully saturated rings. The number of hydrogen-bond acceptors (Lipinski definition) is 3. The molecule has 1 aliphatic rings. The molecular formula is C19H32IN3O2. The lowest BCUT2D eigenvalue weighted by molar-refractivity contribution is 0.145. The molecule has 3 N–H and O–H groups in total. The maximum Gasteiger partial charge on any atom is 0.188 e. The molecule has 1 aliphatic carbocycles. The average Bonchev–Trinajstić information content (AvgIpc) is 2.62. The molecule has 6 heteroatoms. The monoisotopic (exact) mass is 461 g/mol. The van der Waals surface area contributed by atoms with Crippen molar-refractivity contribution in [2.75, 3.05) is 19.8 Å². The molecule has 0 saturated heterocycles. The third kappa shape index (κ3) is 9.30. The molecule has 0 radical (unpaired) electrons. The van der Waals surface area contributed by atoms with E-state index >= 15 is 0 Å². The number of halogens is 1. The highest BCUT2D eigenvalue weighted by Crippen LogP contribution is 2.23. The second-order valence-electron chi connectivity index (χ2n) is 6.20. The van der Waals surface area contributed by atoms with Crippen LogP contribution in [-0.4, -0.2) is 31.8 Å². The van der Waals surface area contributed by atoms with Crippen LogP contribution in [0.25, 0.3) is 0 Å². The number of guanidine groups is 1. The predicted octanol–water partition coefficient (Wildman–Crippen LogP) is 3.85. The lowest BCUT2D eigenvalue weighted by Crippen LogP contribution is -2.32. The number of benzene rings is 1. The zero-order valence-corrected chi connectivity index (χ0v) is 17.5. The van der Waals surface area contributed by atoms with Gasteiger partial charge >= 0.3 is 0 Å². The SMILES string of the molecule is CCOCCCNC(N)=NCc1ccc(OC2CCCCC2)cc1.I. The van der Waals surface area contributed by atoms with Gasteiger partial charge < -0.3 is 20.5 Å². The van der Waals surface area contributed by atoms with Crippen LogP contribution in [0.15, 0.2) is 29.3 Å². The van der Waals surface area contributed by atoms with Crippen LogP contribution in [0.3, 0.4) is 0 Å². The number of rotatable bonds is 9. The molecule has 0 spiro atoms. The molecule has 0 aromatic heterocycles. The maximum absolute atomic E-state index is 6.04. The summed E-state index contributed by atoms with van der Waals surface area (Å²) in [5, 5.41) is 3.10. The van der Waals surface area contributed by atoms with Crippen LogP contribution in [0.1, 0.15) is 51.0 Å². The summed E-state index contributed by atoms with van der Waals surface area (Å²) >= 11 is 0. The predicted molar refractivity (Wildman–Crippen MR) is 114 cm³/mol. The van der Waals surface area contributed by atoms with E-state index in [1.165, 1.54) is 32.1 Å². The topological polar surface area (TPSA) is 68.9 Å². The molecule has 0 amide bonds. The standard InChI is InChI=1S/C19H31N3O2.HI/c1-2-23-14-6-13-21-19(20)22-15-16-9-11-18(12-10-16)24-17-7-4-3-5-8-17;/h9-12,17H,2-8,13-15H2,1H3,(H3,20,21,22);1H. The highest BCUT2D eigenvalue weighted by atomic mass is 127. The van der Waals surface area contributed by atoms with Gasteiger partial charge in [-0.05, 0) is 56.7 Å². The quantitative estimate of drug-likeness (QED) is 0.254. The van der Waals surface area contributed by atoms with Crippen molar-refractivity contribution in [3.05, 3.63) is 29.8 Å². The summed E-state index contributed by atoms with van der Waals surface area (Å²) in [6.07, 6.45) is 7.59. The fourth-order valence-corrected chi connectivity index (χ4v) is 2.82. The fourth-order valence-electron chi connectivity index (χ4n) is 2.82. The Labute approximate surface area is 168 Å². The van der Waals surface area contributed by atoms with Crippen molar-refractivity contribution in [1.82, 2.24) is 5.32 Å². The van der Waals surface area contributed by atoms with Gasteiger partial charge in [-0.1, -0.05) is 18.6 Å². The van der Waals surface area contributed by atoms with Gasteiger partial charge in [-0.3, -0.25) is 0 Å². The number of hydrogen-bond donors (Lipinski definition) is 2. The Hall–Kier alpha value is -1.02. The number of nitrogens with two attached hydrogens (primary N) is 1. The summed E-state index contributed by atoms with van der Waals surface area (Å²) in [6, 6.07) is 8.18. The minimum Gasteiger partial charge on any atom is -0.490 e. The van der Waals surface area contributed by atoms with Crippen LogP contribution in [0.2, 0.25) is 0 Å². The summed E-state index contributed by atoms with van der Waals surface area (Å²) in [7, 11) is 0. The van der Waals surface area contributed by atoms with E-state index in [4.69, 9.17) is 15.2 Å². The van der Waals surface area contributed by atoms with Gasteiger partial charge in [0.2, 0.25) is 0 Å². The van der Waals surface area contributed by atoms with Crippen molar-refractivity contribution in [1.29, 1.82) is 0 Å². The van der Waals surface area contributed by atoms with Crippen molar-refractivity contribution in [2.45, 2.75) is 58.1 Å². The molecule has 142 valence electrons. The van der Waals surface area contributed by atoms with E-state index in [0.717, 1.165) is 37.5 Å². The lowest BCUT2D eigenvalue weighted by Gasteiger charge is -2.23. The molecule has 2 rings (SSSR count). The van der Waals surface area contributed by atoms with Crippen molar-refractivity contribution >= 4 is 29.9 Å². The van der Waals surface area contributed by atoms with Gasteiger partial charge in [0, 0.05) is 19.8 Å². The van der Waals surface area contributed by atoms with Gasteiger partial charge in [0.15, 0.2) is 5.96 Å². The van der Waals surface area contributed by atoms with E-state index in [1.807, 2.05) is 19.1 Å². The Morgan fingerprint density at radius 2 is 1.92 bits per heavy atom. The molecule has 1 saturated carbocycles. The number of nitrogens with zero attached hydrogens (tertiary/aromatic N) is 1. The van der Waals surface area contributed by atoms with Gasteiger partial charge in [0.05, 0.1) is 12.6 Å². The maximum atomic E-state index is 6.04. The Morgan fingerprint density at radius 1 is 1.20 bits per heavy atom. The van der Waals surface area contributed by atoms with Crippen molar-refractivity contribution in [3.63, 3.8) is 0 Å². The first-order valence-electron chi connectivity index (χ1n) is 9.15. The van der Waals surface area contributed by atoms with Gasteiger partial charge in [-0.2, -0.15) is 0 Å². The van der Waals surface area contributed by atoms with Gasteiger partial charge in [0.1, 0.15) is 5.75 Å². The van der Waals surface area contributed by atoms with E-state index in [9.17, 15) is 0 Å². The molecule has 0 aliphatic heterocycles. The summed E-state index contributed by atoms with van der Waals surface area (Å²) in [6.45, 7) is 4.86. The van der Waals surface area contributed by atoms with Crippen molar-refractivity contribution in [3.8, 4) is 5.75 Å². The summed E-state index contributed by atoms with van der Waals surface area (Å²) in [4.78, 5) is 4.36. The Morgan fingerprint density at radius 3 is 2.60 bits per heavy atom. The van der Waals surface area contributed by atoms with E-state index in [-0.39, 0.29) is 24.0 Å². The number of aliphatic imine (C=N–C) groups is 1. The summed E-state index contributed by atoms with van der Waals surface area (Å²) < 4.78 is 11.3. The fraction of sp³-hybridized carbons (Fsp3) is 0.632. The normalized spacial score (nSPS) is 15.5. The third-order valence-corrected chi connectivity index (χ3v) is 4.19. The van der Waals surface area contributed by atoms with E-state index in [2.05, 4.69) is 22.4 Å². The molecular weight excluding hydrogens is 429 g/mol. The largest absolute Gasteiger partial charge is 0.490 e. The van der Waals surface area contributed by atoms with Crippen LogP contribution < -0.4 is 15.8 Å². The molecule has 0 atom stereocenters.